The summed E-state index contributed by atoms with van der Waals surface area (Å²) >= 11 is 0. The predicted molar refractivity (Wildman–Crippen MR) is 77.9 cm³/mol. The summed E-state index contributed by atoms with van der Waals surface area (Å²) in [6.45, 7) is 2.50. The molecule has 1 fully saturated rings. The lowest BCUT2D eigenvalue weighted by Crippen LogP contribution is -2.06. The lowest BCUT2D eigenvalue weighted by Gasteiger charge is -2.08. The Hall–Kier alpha value is -1.60. The number of halogens is 1. The first-order valence-corrected chi connectivity index (χ1v) is 8.94. The van der Waals surface area contributed by atoms with E-state index >= 15 is 0 Å². The molecule has 0 saturated heterocycles. The van der Waals surface area contributed by atoms with Crippen LogP contribution in [0.5, 0.6) is 5.75 Å². The zero-order valence-corrected chi connectivity index (χ0v) is 12.9. The molecular weight excluding hydrogens is 314 g/mol. The Morgan fingerprint density at radius 3 is 2.48 bits per heavy atom. The number of rotatable bonds is 5. The van der Waals surface area contributed by atoms with Crippen molar-refractivity contribution >= 4 is 19.7 Å². The monoisotopic (exact) mass is 327 g/mol. The van der Waals surface area contributed by atoms with Gasteiger partial charge < -0.3 is 4.74 Å². The van der Waals surface area contributed by atoms with Crippen LogP contribution in [0.1, 0.15) is 25.8 Å². The molecule has 112 valence electrons. The second kappa shape index (κ2) is 5.31. The second-order valence-electron chi connectivity index (χ2n) is 4.80. The molecule has 0 spiro atoms. The molecule has 1 saturated carbocycles. The van der Waals surface area contributed by atoms with Gasteiger partial charge >= 0.3 is 0 Å². The van der Waals surface area contributed by atoms with Crippen LogP contribution in [0.3, 0.4) is 0 Å². The summed E-state index contributed by atoms with van der Waals surface area (Å²) in [5.41, 5.74) is 0.782. The SMILES string of the molecule is CCOc1ccc(-c2nnc(S(=O)(=O)Cl)n2C2CC2)cc1. The average Bonchev–Trinajstić information content (AvgIpc) is 3.17. The molecule has 0 unspecified atom stereocenters. The van der Waals surface area contributed by atoms with Gasteiger partial charge in [-0.05, 0) is 44.0 Å². The molecule has 0 atom stereocenters. The van der Waals surface area contributed by atoms with Gasteiger partial charge in [0.15, 0.2) is 5.82 Å². The second-order valence-corrected chi connectivity index (χ2v) is 7.26. The smallest absolute Gasteiger partial charge is 0.296 e. The number of benzene rings is 1. The number of hydrogen-bond acceptors (Lipinski definition) is 5. The van der Waals surface area contributed by atoms with E-state index in [1.165, 1.54) is 0 Å². The van der Waals surface area contributed by atoms with E-state index in [0.717, 1.165) is 24.2 Å². The minimum atomic E-state index is -3.91. The Morgan fingerprint density at radius 1 is 1.29 bits per heavy atom. The highest BCUT2D eigenvalue weighted by Gasteiger charge is 2.34. The summed E-state index contributed by atoms with van der Waals surface area (Å²) in [5, 5.41) is 7.56. The molecule has 0 radical (unpaired) electrons. The maximum atomic E-state index is 11.6. The number of aromatic nitrogens is 3. The van der Waals surface area contributed by atoms with Crippen molar-refractivity contribution in [1.82, 2.24) is 14.8 Å². The van der Waals surface area contributed by atoms with Crippen molar-refractivity contribution in [2.24, 2.45) is 0 Å². The van der Waals surface area contributed by atoms with Gasteiger partial charge in [0.25, 0.3) is 14.2 Å². The molecule has 1 heterocycles. The molecule has 1 aliphatic carbocycles. The van der Waals surface area contributed by atoms with E-state index in [1.54, 1.807) is 4.57 Å². The number of hydrogen-bond donors (Lipinski definition) is 0. The molecule has 0 N–H and O–H groups in total. The van der Waals surface area contributed by atoms with E-state index in [-0.39, 0.29) is 11.2 Å². The van der Waals surface area contributed by atoms with Crippen LogP contribution in [-0.2, 0) is 9.05 Å². The van der Waals surface area contributed by atoms with Crippen molar-refractivity contribution in [3.63, 3.8) is 0 Å². The molecule has 8 heteroatoms. The third-order valence-electron chi connectivity index (χ3n) is 3.22. The van der Waals surface area contributed by atoms with Crippen molar-refractivity contribution in [2.75, 3.05) is 6.61 Å². The molecule has 21 heavy (non-hydrogen) atoms. The van der Waals surface area contributed by atoms with E-state index in [1.807, 2.05) is 31.2 Å². The maximum Gasteiger partial charge on any atom is 0.296 e. The first kappa shape index (κ1) is 14.3. The van der Waals surface area contributed by atoms with Crippen molar-refractivity contribution in [2.45, 2.75) is 31.0 Å². The zero-order chi connectivity index (χ0) is 15.0. The van der Waals surface area contributed by atoms with Crippen LogP contribution in [-0.4, -0.2) is 29.8 Å². The van der Waals surface area contributed by atoms with E-state index in [9.17, 15) is 8.42 Å². The van der Waals surface area contributed by atoms with E-state index in [0.29, 0.717) is 12.4 Å². The highest BCUT2D eigenvalue weighted by Crippen LogP contribution is 2.40. The molecule has 0 bridgehead atoms. The van der Waals surface area contributed by atoms with Gasteiger partial charge in [0.1, 0.15) is 5.75 Å². The maximum absolute atomic E-state index is 11.6. The van der Waals surface area contributed by atoms with Gasteiger partial charge in [0.2, 0.25) is 0 Å². The summed E-state index contributed by atoms with van der Waals surface area (Å²) in [6.07, 6.45) is 1.81. The van der Waals surface area contributed by atoms with Crippen LogP contribution < -0.4 is 4.74 Å². The van der Waals surface area contributed by atoms with Gasteiger partial charge in [-0.1, -0.05) is 0 Å². The van der Waals surface area contributed by atoms with Crippen LogP contribution in [0, 0.1) is 0 Å². The predicted octanol–water partition coefficient (Wildman–Crippen LogP) is 2.61. The summed E-state index contributed by atoms with van der Waals surface area (Å²) in [5.74, 6) is 1.27. The van der Waals surface area contributed by atoms with Gasteiger partial charge in [-0.15, -0.1) is 10.2 Å². The molecule has 1 aliphatic rings. The molecule has 0 amide bonds. The van der Waals surface area contributed by atoms with Crippen LogP contribution in [0.15, 0.2) is 29.4 Å². The normalized spacial score (nSPS) is 15.1. The highest BCUT2D eigenvalue weighted by molar-refractivity contribution is 8.13. The van der Waals surface area contributed by atoms with Gasteiger partial charge in [0, 0.05) is 22.3 Å². The standard InChI is InChI=1S/C13H14ClN3O3S/c1-2-20-11-7-3-9(4-8-11)12-15-16-13(21(14,18)19)17(12)10-5-6-10/h3-4,7-8,10H,2,5-6H2,1H3. The van der Waals surface area contributed by atoms with Crippen LogP contribution in [0.2, 0.25) is 0 Å². The summed E-state index contributed by atoms with van der Waals surface area (Å²) in [6, 6.07) is 7.40. The van der Waals surface area contributed by atoms with Crippen molar-refractivity contribution in [1.29, 1.82) is 0 Å². The molecule has 0 aliphatic heterocycles. The minimum Gasteiger partial charge on any atom is -0.494 e. The van der Waals surface area contributed by atoms with Gasteiger partial charge in [-0.2, -0.15) is 0 Å². The fraction of sp³-hybridized carbons (Fsp3) is 0.385. The fourth-order valence-corrected chi connectivity index (χ4v) is 3.09. The third-order valence-corrected chi connectivity index (χ3v) is 4.35. The molecule has 2 aromatic rings. The van der Waals surface area contributed by atoms with Crippen LogP contribution >= 0.6 is 10.7 Å². The van der Waals surface area contributed by atoms with Crippen LogP contribution in [0.4, 0.5) is 0 Å². The molecule has 6 nitrogen and oxygen atoms in total. The molecule has 1 aromatic heterocycles. The molecular formula is C13H14ClN3O3S. The lowest BCUT2D eigenvalue weighted by atomic mass is 10.2. The van der Waals surface area contributed by atoms with E-state index in [2.05, 4.69) is 10.2 Å². The molecule has 1 aromatic carbocycles. The Kier molecular flexibility index (Phi) is 3.62. The third kappa shape index (κ3) is 2.89. The van der Waals surface area contributed by atoms with Crippen molar-refractivity contribution < 1.29 is 13.2 Å². The first-order chi connectivity index (χ1) is 10.0. The summed E-state index contributed by atoms with van der Waals surface area (Å²) in [4.78, 5) is 0. The highest BCUT2D eigenvalue weighted by atomic mass is 35.7. The van der Waals surface area contributed by atoms with Crippen molar-refractivity contribution in [3.8, 4) is 17.1 Å². The number of ether oxygens (including phenoxy) is 1. The fourth-order valence-electron chi connectivity index (χ4n) is 2.17. The Labute approximate surface area is 127 Å². The first-order valence-electron chi connectivity index (χ1n) is 6.63. The van der Waals surface area contributed by atoms with Crippen LogP contribution in [0.25, 0.3) is 11.4 Å². The Bertz CT molecular complexity index is 751. The van der Waals surface area contributed by atoms with Gasteiger partial charge in [-0.3, -0.25) is 4.57 Å². The molecule has 3 rings (SSSR count). The number of nitrogens with zero attached hydrogens (tertiary/aromatic N) is 3. The van der Waals surface area contributed by atoms with E-state index < -0.39 is 9.05 Å². The Balaban J connectivity index is 2.04. The summed E-state index contributed by atoms with van der Waals surface area (Å²) < 4.78 is 30.2. The zero-order valence-electron chi connectivity index (χ0n) is 11.4. The van der Waals surface area contributed by atoms with Gasteiger partial charge in [-0.25, -0.2) is 8.42 Å². The largest absolute Gasteiger partial charge is 0.494 e. The average molecular weight is 328 g/mol. The minimum absolute atomic E-state index is 0.102. The van der Waals surface area contributed by atoms with Gasteiger partial charge in [0.05, 0.1) is 6.61 Å². The topological polar surface area (TPSA) is 74.1 Å². The van der Waals surface area contributed by atoms with E-state index in [4.69, 9.17) is 15.4 Å². The van der Waals surface area contributed by atoms with Crippen molar-refractivity contribution in [3.05, 3.63) is 24.3 Å². The quantitative estimate of drug-likeness (QED) is 0.789. The Morgan fingerprint density at radius 2 is 1.95 bits per heavy atom. The summed E-state index contributed by atoms with van der Waals surface area (Å²) in [7, 11) is 1.53. The lowest BCUT2D eigenvalue weighted by molar-refractivity contribution is 0.340.